The molecule has 0 aliphatic heterocycles. The fourth-order valence-electron chi connectivity index (χ4n) is 4.00. The average Bonchev–Trinajstić information content (AvgIpc) is 3.51. The molecular formula is C30H30FN9O8. The zero-order chi connectivity index (χ0) is 34.6. The minimum absolute atomic E-state index is 0. The summed E-state index contributed by atoms with van der Waals surface area (Å²) >= 11 is 0. The molecule has 1 atom stereocenters. The first-order valence-corrected chi connectivity index (χ1v) is 13.4. The van der Waals surface area contributed by atoms with Gasteiger partial charge in [-0.05, 0) is 42.3 Å². The average molecular weight is 664 g/mol. The zero-order valence-corrected chi connectivity index (χ0v) is 24.6. The van der Waals surface area contributed by atoms with E-state index >= 15 is 0 Å². The van der Waals surface area contributed by atoms with Crippen LogP contribution >= 0.6 is 0 Å². The van der Waals surface area contributed by atoms with Crippen molar-refractivity contribution < 1.29 is 33.4 Å². The molecule has 2 amide bonds. The first-order chi connectivity index (χ1) is 22.2. The molecule has 0 bridgehead atoms. The summed E-state index contributed by atoms with van der Waals surface area (Å²) in [7, 11) is 1.36. The molecule has 250 valence electrons. The van der Waals surface area contributed by atoms with Gasteiger partial charge in [-0.25, -0.2) is 19.0 Å². The van der Waals surface area contributed by atoms with Gasteiger partial charge in [0.1, 0.15) is 22.9 Å². The van der Waals surface area contributed by atoms with E-state index < -0.39 is 46.0 Å². The van der Waals surface area contributed by atoms with E-state index in [-0.39, 0.29) is 54.5 Å². The van der Waals surface area contributed by atoms with E-state index in [9.17, 15) is 38.3 Å². The number of carbonyl (C=O) groups excluding carboxylic acids is 3. The fourth-order valence-corrected chi connectivity index (χ4v) is 4.00. The van der Waals surface area contributed by atoms with Crippen molar-refractivity contribution >= 4 is 46.6 Å². The van der Waals surface area contributed by atoms with Crippen LogP contribution in [0.2, 0.25) is 0 Å². The number of benzene rings is 2. The number of anilines is 3. The molecule has 0 spiro atoms. The standard InChI is InChI=1S/C19H13FN8O6.C10H13NO2.CH4/c20-7-2-1-6(3-8(7)24-12-11(21)13(29)14(12)30)5-23-17(32)9-4-10(18(33)34)28-19(25-9)26-16(27-28)15(22)31;1-7(11)8-3-5-9(6-4-8)10(12)13-2;/h1-4,24H,5,21H2,(H2,22,31)(H,23,32)(H,33,34);3-7H,11H2,1-2H3;1H4/t;7-;/m.0./s1. The summed E-state index contributed by atoms with van der Waals surface area (Å²) in [6, 6.07) is 11.7. The van der Waals surface area contributed by atoms with Crippen molar-refractivity contribution in [2.24, 2.45) is 11.5 Å². The van der Waals surface area contributed by atoms with Crippen LogP contribution in [0, 0.1) is 5.82 Å². The molecule has 5 rings (SSSR count). The maximum Gasteiger partial charge on any atom is 0.354 e. The van der Waals surface area contributed by atoms with Gasteiger partial charge in [0.05, 0.1) is 18.4 Å². The van der Waals surface area contributed by atoms with Crippen molar-refractivity contribution in [3.63, 3.8) is 0 Å². The number of nitrogens with zero attached hydrogens (tertiary/aromatic N) is 4. The lowest BCUT2D eigenvalue weighted by Gasteiger charge is -2.12. The quantitative estimate of drug-likeness (QED) is 0.0950. The number of carboxylic acid groups (broad SMARTS) is 1. The minimum Gasteiger partial charge on any atom is -0.477 e. The summed E-state index contributed by atoms with van der Waals surface area (Å²) < 4.78 is 19.4. The van der Waals surface area contributed by atoms with Gasteiger partial charge in [0.2, 0.25) is 5.82 Å². The molecule has 18 heteroatoms. The van der Waals surface area contributed by atoms with Gasteiger partial charge in [-0.1, -0.05) is 25.6 Å². The van der Waals surface area contributed by atoms with Crippen LogP contribution < -0.4 is 38.7 Å². The number of carboxylic acids is 1. The van der Waals surface area contributed by atoms with Crippen LogP contribution in [0.3, 0.4) is 0 Å². The molecule has 2 heterocycles. The number of ether oxygens (including phenoxy) is 1. The number of carbonyl (C=O) groups is 4. The van der Waals surface area contributed by atoms with E-state index in [1.54, 1.807) is 12.1 Å². The van der Waals surface area contributed by atoms with Gasteiger partial charge in [-0.3, -0.25) is 19.2 Å². The molecule has 0 saturated carbocycles. The third-order valence-electron chi connectivity index (χ3n) is 6.53. The molecule has 0 aliphatic rings. The first kappa shape index (κ1) is 35.9. The third kappa shape index (κ3) is 7.62. The second-order valence-corrected chi connectivity index (χ2v) is 9.81. The van der Waals surface area contributed by atoms with Crippen molar-refractivity contribution in [1.82, 2.24) is 24.9 Å². The first-order valence-electron chi connectivity index (χ1n) is 13.4. The Bertz CT molecular complexity index is 2100. The molecule has 48 heavy (non-hydrogen) atoms. The number of aromatic carboxylic acids is 1. The topological polar surface area (TPSA) is 277 Å². The maximum absolute atomic E-state index is 14.1. The largest absolute Gasteiger partial charge is 0.477 e. The van der Waals surface area contributed by atoms with Crippen LogP contribution in [0.25, 0.3) is 5.78 Å². The molecule has 0 unspecified atom stereocenters. The highest BCUT2D eigenvalue weighted by atomic mass is 19.1. The Balaban J connectivity index is 0.000000377. The lowest BCUT2D eigenvalue weighted by Crippen LogP contribution is -2.36. The smallest absolute Gasteiger partial charge is 0.354 e. The van der Waals surface area contributed by atoms with Crippen molar-refractivity contribution in [2.75, 3.05) is 18.2 Å². The van der Waals surface area contributed by atoms with Crippen molar-refractivity contribution in [2.45, 2.75) is 26.9 Å². The monoisotopic (exact) mass is 663 g/mol. The lowest BCUT2D eigenvalue weighted by molar-refractivity contribution is 0.0599. The number of nitrogens with two attached hydrogens (primary N) is 3. The number of primary amides is 1. The molecule has 0 radical (unpaired) electrons. The van der Waals surface area contributed by atoms with Gasteiger partial charge in [0.15, 0.2) is 5.69 Å². The van der Waals surface area contributed by atoms with Crippen molar-refractivity contribution in [3.05, 3.63) is 109 Å². The molecule has 0 aliphatic carbocycles. The number of nitrogen functional groups attached to an aromatic ring is 1. The minimum atomic E-state index is -1.46. The van der Waals surface area contributed by atoms with Crippen molar-refractivity contribution in [1.29, 1.82) is 0 Å². The van der Waals surface area contributed by atoms with Gasteiger partial charge >= 0.3 is 11.9 Å². The molecule has 0 saturated heterocycles. The Morgan fingerprint density at radius 2 is 1.71 bits per heavy atom. The summed E-state index contributed by atoms with van der Waals surface area (Å²) in [5.74, 6) is -5.17. The number of esters is 1. The Kier molecular flexibility index (Phi) is 11.0. The second-order valence-electron chi connectivity index (χ2n) is 9.81. The Hall–Kier alpha value is -6.56. The summed E-state index contributed by atoms with van der Waals surface area (Å²) in [4.78, 5) is 76.8. The van der Waals surface area contributed by atoms with Gasteiger partial charge in [0, 0.05) is 18.7 Å². The SMILES string of the molecule is C.COC(=O)c1ccc([C@H](C)N)cc1.NC(=O)c1nc2nc(C(=O)NCc3ccc(F)c(Nc4c(N)c(=O)c4=O)c3)cc(C(=O)O)n2n1. The van der Waals surface area contributed by atoms with E-state index in [4.69, 9.17) is 17.2 Å². The number of rotatable bonds is 9. The summed E-state index contributed by atoms with van der Waals surface area (Å²) in [5, 5.41) is 18.0. The number of methoxy groups -OCH3 is 1. The van der Waals surface area contributed by atoms with Gasteiger partial charge in [-0.2, -0.15) is 9.50 Å². The van der Waals surface area contributed by atoms with Gasteiger partial charge in [0.25, 0.3) is 28.4 Å². The zero-order valence-electron chi connectivity index (χ0n) is 24.6. The van der Waals surface area contributed by atoms with Crippen LogP contribution in [0.4, 0.5) is 21.5 Å². The predicted molar refractivity (Wildman–Crippen MR) is 170 cm³/mol. The predicted octanol–water partition coefficient (Wildman–Crippen LogP) is 1.04. The van der Waals surface area contributed by atoms with Crippen LogP contribution in [0.15, 0.2) is 58.1 Å². The number of halogens is 1. The number of aromatic nitrogens is 4. The summed E-state index contributed by atoms with van der Waals surface area (Å²) in [5.41, 5.74) is 14.8. The Morgan fingerprint density at radius 3 is 2.27 bits per heavy atom. The normalized spacial score (nSPS) is 11.1. The number of hydrogen-bond acceptors (Lipinski definition) is 13. The molecule has 2 aromatic heterocycles. The molecule has 9 N–H and O–H groups in total. The fraction of sp³-hybridized carbons (Fsp3) is 0.167. The number of fused-ring (bicyclic) bond motifs is 1. The van der Waals surface area contributed by atoms with E-state index in [1.807, 2.05) is 19.1 Å². The third-order valence-corrected chi connectivity index (χ3v) is 6.53. The number of hydrogen-bond donors (Lipinski definition) is 6. The molecule has 5 aromatic rings. The number of amides is 2. The lowest BCUT2D eigenvalue weighted by atomic mass is 10.1. The summed E-state index contributed by atoms with van der Waals surface area (Å²) in [6.45, 7) is 1.75. The van der Waals surface area contributed by atoms with E-state index in [1.165, 1.54) is 19.2 Å². The molecule has 0 fully saturated rings. The molecular weight excluding hydrogens is 633 g/mol. The summed E-state index contributed by atoms with van der Waals surface area (Å²) in [6.07, 6.45) is 0. The maximum atomic E-state index is 14.1. The van der Waals surface area contributed by atoms with Crippen LogP contribution in [-0.2, 0) is 11.3 Å². The highest BCUT2D eigenvalue weighted by Gasteiger charge is 2.22. The van der Waals surface area contributed by atoms with Crippen LogP contribution in [0.1, 0.15) is 73.5 Å². The van der Waals surface area contributed by atoms with E-state index in [2.05, 4.69) is 30.4 Å². The van der Waals surface area contributed by atoms with Crippen molar-refractivity contribution in [3.8, 4) is 0 Å². The highest BCUT2D eigenvalue weighted by Crippen LogP contribution is 2.22. The Morgan fingerprint density at radius 1 is 1.04 bits per heavy atom. The second kappa shape index (κ2) is 14.7. The Labute approximate surface area is 270 Å². The number of nitrogens with one attached hydrogen (secondary N) is 2. The van der Waals surface area contributed by atoms with E-state index in [0.717, 1.165) is 22.2 Å². The van der Waals surface area contributed by atoms with Gasteiger partial charge < -0.3 is 37.7 Å². The van der Waals surface area contributed by atoms with Gasteiger partial charge in [-0.15, -0.1) is 5.10 Å². The van der Waals surface area contributed by atoms with Crippen LogP contribution in [-0.4, -0.2) is 55.6 Å². The van der Waals surface area contributed by atoms with E-state index in [0.29, 0.717) is 11.1 Å². The molecule has 17 nitrogen and oxygen atoms in total. The molecule has 3 aromatic carbocycles. The highest BCUT2D eigenvalue weighted by molar-refractivity contribution is 5.96. The van der Waals surface area contributed by atoms with Crippen LogP contribution in [0.5, 0.6) is 0 Å².